The molecule has 0 radical (unpaired) electrons. The third-order valence-corrected chi connectivity index (χ3v) is 3.45. The molecule has 1 aromatic carbocycles. The Hall–Kier alpha value is -1.00. The molecule has 0 fully saturated rings. The van der Waals surface area contributed by atoms with E-state index in [1.54, 1.807) is 0 Å². The van der Waals surface area contributed by atoms with Crippen LogP contribution in [0.2, 0.25) is 0 Å². The maximum Gasteiger partial charge on any atom is 0.244 e. The van der Waals surface area contributed by atoms with E-state index in [2.05, 4.69) is 38.3 Å². The summed E-state index contributed by atoms with van der Waals surface area (Å²) in [5, 5.41) is 0. The van der Waals surface area contributed by atoms with Crippen molar-refractivity contribution in [3.8, 4) is 0 Å². The zero-order chi connectivity index (χ0) is 11.4. The van der Waals surface area contributed by atoms with E-state index in [-0.39, 0.29) is 5.91 Å². The number of nitrogens with one attached hydrogen (secondary N) is 1. The number of carbonyl (C=O) groups is 1. The van der Waals surface area contributed by atoms with Gasteiger partial charge >= 0.3 is 0 Å². The van der Waals surface area contributed by atoms with Crippen LogP contribution in [-0.2, 0) is 4.79 Å². The van der Waals surface area contributed by atoms with Gasteiger partial charge in [-0.05, 0) is 31.9 Å². The molecule has 0 aliphatic rings. The number of hydrazine groups is 1. The predicted molar refractivity (Wildman–Crippen MR) is 63.7 cm³/mol. The first-order chi connectivity index (χ1) is 7.04. The van der Waals surface area contributed by atoms with Gasteiger partial charge in [-0.3, -0.25) is 10.2 Å². The molecular formula is C11H16N2OS. The second-order valence-electron chi connectivity index (χ2n) is 3.58. The molecular weight excluding hydrogens is 208 g/mol. The maximum atomic E-state index is 11.0. The lowest BCUT2D eigenvalue weighted by Crippen LogP contribution is -2.31. The standard InChI is InChI=1S/C11H16N2OS/c1-7-4-8(2)11(9(3)5-7)15-6-10(14)13-12/h4-5H,6,12H2,1-3H3,(H,13,14). The van der Waals surface area contributed by atoms with Crippen molar-refractivity contribution in [3.05, 3.63) is 28.8 Å². The molecule has 0 saturated carbocycles. The number of hydrogen-bond acceptors (Lipinski definition) is 3. The Balaban J connectivity index is 2.81. The van der Waals surface area contributed by atoms with Crippen molar-refractivity contribution < 1.29 is 4.79 Å². The number of nitrogens with two attached hydrogens (primary N) is 1. The van der Waals surface area contributed by atoms with E-state index in [1.807, 2.05) is 0 Å². The third kappa shape index (κ3) is 3.25. The maximum absolute atomic E-state index is 11.0. The highest BCUT2D eigenvalue weighted by atomic mass is 32.2. The van der Waals surface area contributed by atoms with Gasteiger partial charge in [0, 0.05) is 4.90 Å². The Labute approximate surface area is 94.4 Å². The topological polar surface area (TPSA) is 55.1 Å². The fraction of sp³-hybridized carbons (Fsp3) is 0.364. The summed E-state index contributed by atoms with van der Waals surface area (Å²) in [5.41, 5.74) is 5.79. The zero-order valence-corrected chi connectivity index (χ0v) is 10.1. The summed E-state index contributed by atoms with van der Waals surface area (Å²) in [6, 6.07) is 4.24. The summed E-state index contributed by atoms with van der Waals surface area (Å²) in [6.45, 7) is 6.19. The molecule has 0 heterocycles. The first-order valence-corrected chi connectivity index (χ1v) is 5.73. The Morgan fingerprint density at radius 3 is 2.33 bits per heavy atom. The van der Waals surface area contributed by atoms with Gasteiger partial charge in [0.2, 0.25) is 5.91 Å². The molecule has 4 heteroatoms. The fourth-order valence-electron chi connectivity index (χ4n) is 1.57. The number of benzene rings is 1. The molecule has 3 nitrogen and oxygen atoms in total. The Bertz CT molecular complexity index is 354. The summed E-state index contributed by atoms with van der Waals surface area (Å²) in [6.07, 6.45) is 0. The third-order valence-electron chi connectivity index (χ3n) is 2.11. The molecule has 1 rings (SSSR count). The van der Waals surface area contributed by atoms with Crippen molar-refractivity contribution in [1.29, 1.82) is 0 Å². The smallest absolute Gasteiger partial charge is 0.244 e. The van der Waals surface area contributed by atoms with Crippen molar-refractivity contribution >= 4 is 17.7 Å². The van der Waals surface area contributed by atoms with Crippen LogP contribution in [0.1, 0.15) is 16.7 Å². The highest BCUT2D eigenvalue weighted by Gasteiger charge is 2.06. The summed E-state index contributed by atoms with van der Waals surface area (Å²) in [7, 11) is 0. The van der Waals surface area contributed by atoms with Crippen LogP contribution in [0, 0.1) is 20.8 Å². The lowest BCUT2D eigenvalue weighted by Gasteiger charge is -2.10. The Morgan fingerprint density at radius 2 is 1.87 bits per heavy atom. The molecule has 0 bridgehead atoms. The normalized spacial score (nSPS) is 10.1. The van der Waals surface area contributed by atoms with Gasteiger partial charge in [-0.1, -0.05) is 17.7 Å². The van der Waals surface area contributed by atoms with Gasteiger partial charge < -0.3 is 0 Å². The van der Waals surface area contributed by atoms with E-state index in [0.29, 0.717) is 5.75 Å². The second kappa shape index (κ2) is 5.19. The SMILES string of the molecule is Cc1cc(C)c(SCC(=O)NN)c(C)c1. The van der Waals surface area contributed by atoms with Gasteiger partial charge in [0.1, 0.15) is 0 Å². The molecule has 0 aromatic heterocycles. The number of aryl methyl sites for hydroxylation is 3. The zero-order valence-electron chi connectivity index (χ0n) is 9.26. The molecule has 0 aliphatic carbocycles. The van der Waals surface area contributed by atoms with Crippen LogP contribution in [0.3, 0.4) is 0 Å². The number of thioether (sulfide) groups is 1. The molecule has 0 saturated heterocycles. The number of amides is 1. The minimum absolute atomic E-state index is 0.153. The summed E-state index contributed by atoms with van der Waals surface area (Å²) >= 11 is 1.52. The van der Waals surface area contributed by atoms with Gasteiger partial charge in [-0.25, -0.2) is 5.84 Å². The molecule has 82 valence electrons. The van der Waals surface area contributed by atoms with Crippen LogP contribution < -0.4 is 11.3 Å². The van der Waals surface area contributed by atoms with Crippen molar-refractivity contribution in [2.75, 3.05) is 5.75 Å². The lowest BCUT2D eigenvalue weighted by atomic mass is 10.1. The second-order valence-corrected chi connectivity index (χ2v) is 4.57. The average molecular weight is 224 g/mol. The molecule has 1 amide bonds. The average Bonchev–Trinajstić information content (AvgIpc) is 2.15. The van der Waals surface area contributed by atoms with Crippen LogP contribution >= 0.6 is 11.8 Å². The van der Waals surface area contributed by atoms with Gasteiger partial charge in [0.15, 0.2) is 0 Å². The van der Waals surface area contributed by atoms with E-state index in [0.717, 1.165) is 0 Å². The quantitative estimate of drug-likeness (QED) is 0.355. The van der Waals surface area contributed by atoms with Crippen molar-refractivity contribution in [2.24, 2.45) is 5.84 Å². The van der Waals surface area contributed by atoms with Crippen LogP contribution in [0.4, 0.5) is 0 Å². The van der Waals surface area contributed by atoms with E-state index in [4.69, 9.17) is 5.84 Å². The first-order valence-electron chi connectivity index (χ1n) is 4.74. The van der Waals surface area contributed by atoms with E-state index in [1.165, 1.54) is 33.3 Å². The minimum atomic E-state index is -0.153. The van der Waals surface area contributed by atoms with Gasteiger partial charge in [-0.2, -0.15) is 0 Å². The largest absolute Gasteiger partial charge is 0.294 e. The Morgan fingerprint density at radius 1 is 1.33 bits per heavy atom. The first kappa shape index (κ1) is 12.1. The fourth-order valence-corrected chi connectivity index (χ4v) is 2.51. The van der Waals surface area contributed by atoms with Crippen molar-refractivity contribution in [3.63, 3.8) is 0 Å². The number of carbonyl (C=O) groups excluding carboxylic acids is 1. The van der Waals surface area contributed by atoms with Crippen LogP contribution in [0.15, 0.2) is 17.0 Å². The van der Waals surface area contributed by atoms with Gasteiger partial charge in [0.05, 0.1) is 5.75 Å². The monoisotopic (exact) mass is 224 g/mol. The van der Waals surface area contributed by atoms with E-state index in [9.17, 15) is 4.79 Å². The van der Waals surface area contributed by atoms with Crippen LogP contribution in [0.5, 0.6) is 0 Å². The molecule has 0 spiro atoms. The molecule has 0 atom stereocenters. The molecule has 15 heavy (non-hydrogen) atoms. The highest BCUT2D eigenvalue weighted by Crippen LogP contribution is 2.27. The van der Waals surface area contributed by atoms with E-state index < -0.39 is 0 Å². The van der Waals surface area contributed by atoms with Crippen molar-refractivity contribution in [1.82, 2.24) is 5.43 Å². The number of hydrogen-bond donors (Lipinski definition) is 2. The molecule has 0 aliphatic heterocycles. The van der Waals surface area contributed by atoms with Gasteiger partial charge in [0.25, 0.3) is 0 Å². The van der Waals surface area contributed by atoms with Crippen LogP contribution in [-0.4, -0.2) is 11.7 Å². The highest BCUT2D eigenvalue weighted by molar-refractivity contribution is 8.00. The van der Waals surface area contributed by atoms with Crippen molar-refractivity contribution in [2.45, 2.75) is 25.7 Å². The summed E-state index contributed by atoms with van der Waals surface area (Å²) < 4.78 is 0. The predicted octanol–water partition coefficient (Wildman–Crippen LogP) is 1.69. The molecule has 1 aromatic rings. The van der Waals surface area contributed by atoms with Crippen LogP contribution in [0.25, 0.3) is 0 Å². The summed E-state index contributed by atoms with van der Waals surface area (Å²) in [5.74, 6) is 5.23. The molecule has 3 N–H and O–H groups in total. The summed E-state index contributed by atoms with van der Waals surface area (Å²) in [4.78, 5) is 12.2. The van der Waals surface area contributed by atoms with Gasteiger partial charge in [-0.15, -0.1) is 11.8 Å². The lowest BCUT2D eigenvalue weighted by molar-refractivity contribution is -0.118. The Kier molecular flexibility index (Phi) is 4.17. The molecule has 0 unspecified atom stereocenters. The van der Waals surface area contributed by atoms with E-state index >= 15 is 0 Å². The number of rotatable bonds is 3. The minimum Gasteiger partial charge on any atom is -0.294 e.